The summed E-state index contributed by atoms with van der Waals surface area (Å²) >= 11 is 18.2. The molecule has 2 rings (SSSR count). The minimum absolute atomic E-state index is 0.0841. The molecule has 90 valence electrons. The van der Waals surface area contributed by atoms with Crippen molar-refractivity contribution in [2.24, 2.45) is 10.7 Å². The molecule has 0 aliphatic carbocycles. The fraction of sp³-hybridized carbons (Fsp3) is 0.200. The number of aryl methyl sites for hydroxylation is 1. The standard InChI is InChI=1S/C10H8Cl3N3S/c1-5-3-2-4-6-7(5)15-9(17-6)16-8(14)10(11,12)13/h2-4H,1H3,(H2,14,15,16). The van der Waals surface area contributed by atoms with Crippen LogP contribution in [-0.2, 0) is 0 Å². The van der Waals surface area contributed by atoms with Crippen molar-refractivity contribution in [3.05, 3.63) is 23.8 Å². The van der Waals surface area contributed by atoms with Crippen LogP contribution in [-0.4, -0.2) is 14.6 Å². The molecular formula is C10H8Cl3N3S. The Morgan fingerprint density at radius 3 is 2.71 bits per heavy atom. The molecular weight excluding hydrogens is 301 g/mol. The first kappa shape index (κ1) is 12.9. The molecule has 0 bridgehead atoms. The quantitative estimate of drug-likeness (QED) is 0.492. The van der Waals surface area contributed by atoms with Gasteiger partial charge in [-0.2, -0.15) is 0 Å². The first-order valence-electron chi connectivity index (χ1n) is 4.65. The van der Waals surface area contributed by atoms with E-state index in [9.17, 15) is 0 Å². The molecule has 17 heavy (non-hydrogen) atoms. The van der Waals surface area contributed by atoms with Gasteiger partial charge in [-0.05, 0) is 18.6 Å². The Morgan fingerprint density at radius 1 is 1.41 bits per heavy atom. The van der Waals surface area contributed by atoms with E-state index in [4.69, 9.17) is 40.5 Å². The maximum Gasteiger partial charge on any atom is 0.247 e. The van der Waals surface area contributed by atoms with Crippen LogP contribution in [0.1, 0.15) is 5.56 Å². The molecule has 2 aromatic rings. The van der Waals surface area contributed by atoms with E-state index in [0.29, 0.717) is 5.13 Å². The number of benzene rings is 1. The van der Waals surface area contributed by atoms with E-state index in [1.54, 1.807) is 0 Å². The van der Waals surface area contributed by atoms with E-state index in [0.717, 1.165) is 15.8 Å². The number of rotatable bonds is 1. The van der Waals surface area contributed by atoms with E-state index in [-0.39, 0.29) is 5.84 Å². The summed E-state index contributed by atoms with van der Waals surface area (Å²) in [5.41, 5.74) is 7.54. The van der Waals surface area contributed by atoms with Crippen molar-refractivity contribution in [3.63, 3.8) is 0 Å². The molecule has 0 radical (unpaired) electrons. The summed E-state index contributed by atoms with van der Waals surface area (Å²) in [5.74, 6) is -0.0841. The van der Waals surface area contributed by atoms with Gasteiger partial charge in [0.2, 0.25) is 8.92 Å². The first-order chi connectivity index (χ1) is 7.88. The van der Waals surface area contributed by atoms with Crippen LogP contribution in [0.5, 0.6) is 0 Å². The second-order valence-electron chi connectivity index (χ2n) is 3.41. The van der Waals surface area contributed by atoms with Gasteiger partial charge < -0.3 is 5.73 Å². The number of aromatic nitrogens is 1. The number of aliphatic imine (C=N–C) groups is 1. The van der Waals surface area contributed by atoms with Crippen molar-refractivity contribution in [1.82, 2.24) is 4.98 Å². The Kier molecular flexibility index (Phi) is 3.50. The van der Waals surface area contributed by atoms with E-state index >= 15 is 0 Å². The van der Waals surface area contributed by atoms with E-state index in [1.165, 1.54) is 11.3 Å². The van der Waals surface area contributed by atoms with Gasteiger partial charge in [0.1, 0.15) is 0 Å². The van der Waals surface area contributed by atoms with E-state index < -0.39 is 3.79 Å². The Labute approximate surface area is 117 Å². The zero-order valence-corrected chi connectivity index (χ0v) is 11.8. The maximum absolute atomic E-state index is 5.62. The van der Waals surface area contributed by atoms with Gasteiger partial charge in [0.15, 0.2) is 5.84 Å². The molecule has 1 aromatic carbocycles. The molecule has 2 N–H and O–H groups in total. The van der Waals surface area contributed by atoms with Gasteiger partial charge in [-0.3, -0.25) is 0 Å². The largest absolute Gasteiger partial charge is 0.383 e. The number of hydrogen-bond donors (Lipinski definition) is 1. The zero-order valence-electron chi connectivity index (χ0n) is 8.75. The van der Waals surface area contributed by atoms with Gasteiger partial charge in [-0.25, -0.2) is 9.98 Å². The van der Waals surface area contributed by atoms with Crippen LogP contribution in [0.4, 0.5) is 5.13 Å². The number of nitrogens with zero attached hydrogens (tertiary/aromatic N) is 2. The summed E-state index contributed by atoms with van der Waals surface area (Å²) in [5, 5.41) is 0.484. The predicted octanol–water partition coefficient (Wildman–Crippen LogP) is 3.96. The number of fused-ring (bicyclic) bond motifs is 1. The van der Waals surface area contributed by atoms with Crippen LogP contribution in [0.25, 0.3) is 10.2 Å². The Hall–Kier alpha value is -0.550. The Morgan fingerprint density at radius 2 is 2.12 bits per heavy atom. The van der Waals surface area contributed by atoms with Crippen LogP contribution < -0.4 is 5.73 Å². The highest BCUT2D eigenvalue weighted by molar-refractivity contribution is 7.22. The third-order valence-electron chi connectivity index (χ3n) is 2.12. The monoisotopic (exact) mass is 307 g/mol. The van der Waals surface area contributed by atoms with E-state index in [2.05, 4.69) is 9.98 Å². The molecule has 0 amide bonds. The van der Waals surface area contributed by atoms with Crippen molar-refractivity contribution < 1.29 is 0 Å². The summed E-state index contributed by atoms with van der Waals surface area (Å²) in [6.45, 7) is 1.98. The number of halogens is 3. The van der Waals surface area contributed by atoms with Gasteiger partial charge in [-0.1, -0.05) is 58.3 Å². The van der Waals surface area contributed by atoms with Crippen LogP contribution >= 0.6 is 46.1 Å². The molecule has 0 fully saturated rings. The van der Waals surface area contributed by atoms with Crippen molar-refractivity contribution in [2.45, 2.75) is 10.7 Å². The molecule has 1 aromatic heterocycles. The number of thiazole rings is 1. The van der Waals surface area contributed by atoms with Gasteiger partial charge in [0.05, 0.1) is 10.2 Å². The molecule has 0 spiro atoms. The molecule has 0 saturated carbocycles. The molecule has 7 heteroatoms. The van der Waals surface area contributed by atoms with Gasteiger partial charge in [-0.15, -0.1) is 0 Å². The fourth-order valence-corrected chi connectivity index (χ4v) is 2.34. The van der Waals surface area contributed by atoms with Gasteiger partial charge >= 0.3 is 0 Å². The SMILES string of the molecule is Cc1cccc2sc(/N=C(\N)C(Cl)(Cl)Cl)nc12. The Bertz CT molecular complexity index is 586. The molecule has 0 atom stereocenters. The third-order valence-corrected chi connectivity index (χ3v) is 3.61. The lowest BCUT2D eigenvalue weighted by molar-refractivity contribution is 1.33. The van der Waals surface area contributed by atoms with Crippen LogP contribution in [0.3, 0.4) is 0 Å². The highest BCUT2D eigenvalue weighted by Gasteiger charge is 2.25. The van der Waals surface area contributed by atoms with Gasteiger partial charge in [0, 0.05) is 0 Å². The second-order valence-corrected chi connectivity index (χ2v) is 6.70. The van der Waals surface area contributed by atoms with Crippen LogP contribution in [0.2, 0.25) is 0 Å². The smallest absolute Gasteiger partial charge is 0.247 e. The number of hydrogen-bond acceptors (Lipinski definition) is 3. The van der Waals surface area contributed by atoms with Crippen LogP contribution in [0.15, 0.2) is 23.2 Å². The first-order valence-corrected chi connectivity index (χ1v) is 6.60. The number of nitrogens with two attached hydrogens (primary N) is 1. The highest BCUT2D eigenvalue weighted by atomic mass is 35.6. The number of alkyl halides is 3. The summed E-state index contributed by atoms with van der Waals surface area (Å²) < 4.78 is -0.673. The second kappa shape index (κ2) is 4.61. The summed E-state index contributed by atoms with van der Waals surface area (Å²) in [7, 11) is 0. The van der Waals surface area contributed by atoms with Crippen molar-refractivity contribution >= 4 is 67.3 Å². The van der Waals surface area contributed by atoms with Crippen molar-refractivity contribution in [3.8, 4) is 0 Å². The van der Waals surface area contributed by atoms with Crippen molar-refractivity contribution in [1.29, 1.82) is 0 Å². The lowest BCUT2D eigenvalue weighted by atomic mass is 10.2. The number of amidine groups is 1. The molecule has 3 nitrogen and oxygen atoms in total. The Balaban J connectivity index is 2.48. The zero-order chi connectivity index (χ0) is 12.6. The average molecular weight is 309 g/mol. The van der Waals surface area contributed by atoms with Crippen LogP contribution in [0, 0.1) is 6.92 Å². The number of para-hydroxylation sites is 1. The van der Waals surface area contributed by atoms with E-state index in [1.807, 2.05) is 25.1 Å². The third kappa shape index (κ3) is 2.83. The highest BCUT2D eigenvalue weighted by Crippen LogP contribution is 2.32. The predicted molar refractivity (Wildman–Crippen MR) is 75.9 cm³/mol. The molecule has 0 unspecified atom stereocenters. The summed E-state index contributed by atoms with van der Waals surface area (Å²) in [4.78, 5) is 8.36. The summed E-state index contributed by atoms with van der Waals surface area (Å²) in [6, 6.07) is 5.90. The van der Waals surface area contributed by atoms with Crippen molar-refractivity contribution in [2.75, 3.05) is 0 Å². The van der Waals surface area contributed by atoms with Gasteiger partial charge in [0.25, 0.3) is 0 Å². The lowest BCUT2D eigenvalue weighted by Gasteiger charge is -2.07. The molecule has 1 heterocycles. The minimum Gasteiger partial charge on any atom is -0.383 e. The average Bonchev–Trinajstić information content (AvgIpc) is 2.60. The molecule has 0 saturated heterocycles. The lowest BCUT2D eigenvalue weighted by Crippen LogP contribution is -2.27. The maximum atomic E-state index is 5.62. The molecule has 0 aliphatic heterocycles. The topological polar surface area (TPSA) is 51.3 Å². The molecule has 0 aliphatic rings. The minimum atomic E-state index is -1.70. The normalized spacial score (nSPS) is 13.3. The summed E-state index contributed by atoms with van der Waals surface area (Å²) in [6.07, 6.45) is 0. The fourth-order valence-electron chi connectivity index (χ4n) is 1.29.